The van der Waals surface area contributed by atoms with E-state index in [4.69, 9.17) is 0 Å². The summed E-state index contributed by atoms with van der Waals surface area (Å²) in [5.41, 5.74) is 0. The smallest absolute Gasteiger partial charge is 0.225 e. The first-order valence-corrected chi connectivity index (χ1v) is 5.77. The summed E-state index contributed by atoms with van der Waals surface area (Å²) in [6.45, 7) is 4.04. The molecule has 0 unspecified atom stereocenters. The molecule has 1 aliphatic carbocycles. The van der Waals surface area contributed by atoms with E-state index in [1.54, 1.807) is 0 Å². The molecular formula is C11H20N2O. The Balaban J connectivity index is 1.71. The molecule has 3 nitrogen and oxygen atoms in total. The molecule has 1 amide bonds. The summed E-state index contributed by atoms with van der Waals surface area (Å²) >= 11 is 0. The molecule has 0 aromatic heterocycles. The van der Waals surface area contributed by atoms with Crippen LogP contribution in [0, 0.1) is 11.8 Å². The third-order valence-corrected chi connectivity index (χ3v) is 3.51. The van der Waals surface area contributed by atoms with Gasteiger partial charge in [-0.25, -0.2) is 0 Å². The lowest BCUT2D eigenvalue weighted by atomic mass is 9.87. The third kappa shape index (κ3) is 2.27. The molecule has 3 heteroatoms. The van der Waals surface area contributed by atoms with Crippen LogP contribution in [0.2, 0.25) is 0 Å². The number of amides is 1. The van der Waals surface area contributed by atoms with Crippen molar-refractivity contribution in [3.05, 3.63) is 0 Å². The molecule has 0 bridgehead atoms. The lowest BCUT2D eigenvalue weighted by Gasteiger charge is -2.31. The standard InChI is InChI=1S/C11H20N2O/c1-8-2-4-10(5-3-8)13-11(14)9-6-12-7-9/h8-10,12H,2-7H2,1H3,(H,13,14). The molecule has 2 rings (SSSR count). The van der Waals surface area contributed by atoms with Gasteiger partial charge in [0, 0.05) is 19.1 Å². The van der Waals surface area contributed by atoms with Gasteiger partial charge in [-0.3, -0.25) is 4.79 Å². The zero-order valence-electron chi connectivity index (χ0n) is 8.88. The molecule has 2 aliphatic rings. The fraction of sp³-hybridized carbons (Fsp3) is 0.909. The summed E-state index contributed by atoms with van der Waals surface area (Å²) in [6.07, 6.45) is 4.89. The van der Waals surface area contributed by atoms with Crippen LogP contribution in [0.1, 0.15) is 32.6 Å². The molecule has 1 saturated carbocycles. The monoisotopic (exact) mass is 196 g/mol. The third-order valence-electron chi connectivity index (χ3n) is 3.51. The van der Waals surface area contributed by atoms with Crippen molar-refractivity contribution in [2.45, 2.75) is 38.6 Å². The van der Waals surface area contributed by atoms with Crippen molar-refractivity contribution in [2.75, 3.05) is 13.1 Å². The van der Waals surface area contributed by atoms with Crippen molar-refractivity contribution < 1.29 is 4.79 Å². The van der Waals surface area contributed by atoms with E-state index in [0.717, 1.165) is 19.0 Å². The summed E-state index contributed by atoms with van der Waals surface area (Å²) < 4.78 is 0. The predicted octanol–water partition coefficient (Wildman–Crippen LogP) is 0.901. The van der Waals surface area contributed by atoms with Gasteiger partial charge in [0.1, 0.15) is 0 Å². The van der Waals surface area contributed by atoms with Crippen LogP contribution in [-0.2, 0) is 4.79 Å². The van der Waals surface area contributed by atoms with Gasteiger partial charge in [-0.1, -0.05) is 6.92 Å². The maximum atomic E-state index is 11.6. The van der Waals surface area contributed by atoms with Gasteiger partial charge < -0.3 is 10.6 Å². The minimum absolute atomic E-state index is 0.245. The van der Waals surface area contributed by atoms with Crippen molar-refractivity contribution >= 4 is 5.91 Å². The molecule has 1 heterocycles. The van der Waals surface area contributed by atoms with E-state index >= 15 is 0 Å². The number of hydrogen-bond acceptors (Lipinski definition) is 2. The number of hydrogen-bond donors (Lipinski definition) is 2. The molecule has 0 spiro atoms. The van der Waals surface area contributed by atoms with E-state index < -0.39 is 0 Å². The summed E-state index contributed by atoms with van der Waals surface area (Å²) in [6, 6.07) is 0.458. The van der Waals surface area contributed by atoms with Crippen molar-refractivity contribution in [3.8, 4) is 0 Å². The molecule has 14 heavy (non-hydrogen) atoms. The van der Waals surface area contributed by atoms with E-state index in [0.29, 0.717) is 6.04 Å². The Morgan fingerprint density at radius 2 is 1.86 bits per heavy atom. The van der Waals surface area contributed by atoms with Gasteiger partial charge in [0.2, 0.25) is 5.91 Å². The summed E-state index contributed by atoms with van der Waals surface area (Å²) in [4.78, 5) is 11.6. The molecule has 1 saturated heterocycles. The summed E-state index contributed by atoms with van der Waals surface area (Å²) in [5.74, 6) is 1.37. The lowest BCUT2D eigenvalue weighted by Crippen LogP contribution is -2.53. The Labute approximate surface area is 85.6 Å². The van der Waals surface area contributed by atoms with Crippen LogP contribution in [0.5, 0.6) is 0 Å². The van der Waals surface area contributed by atoms with Crippen LogP contribution in [0.3, 0.4) is 0 Å². The average molecular weight is 196 g/mol. The number of nitrogens with one attached hydrogen (secondary N) is 2. The Hall–Kier alpha value is -0.570. The lowest BCUT2D eigenvalue weighted by molar-refractivity contribution is -0.127. The predicted molar refractivity (Wildman–Crippen MR) is 55.9 cm³/mol. The van der Waals surface area contributed by atoms with Gasteiger partial charge in [0.05, 0.1) is 5.92 Å². The number of rotatable bonds is 2. The van der Waals surface area contributed by atoms with Crippen LogP contribution in [-0.4, -0.2) is 25.0 Å². The van der Waals surface area contributed by atoms with Gasteiger partial charge in [-0.05, 0) is 31.6 Å². The van der Waals surface area contributed by atoms with Gasteiger partial charge in [-0.2, -0.15) is 0 Å². The number of carbonyl (C=O) groups is 1. The normalized spacial score (nSPS) is 33.5. The molecule has 2 fully saturated rings. The summed E-state index contributed by atoms with van der Waals surface area (Å²) in [7, 11) is 0. The molecule has 2 N–H and O–H groups in total. The second-order valence-corrected chi connectivity index (χ2v) is 4.82. The molecule has 0 aromatic carbocycles. The second-order valence-electron chi connectivity index (χ2n) is 4.82. The quantitative estimate of drug-likeness (QED) is 0.689. The fourth-order valence-electron chi connectivity index (χ4n) is 2.20. The highest BCUT2D eigenvalue weighted by Crippen LogP contribution is 2.23. The number of carbonyl (C=O) groups excluding carboxylic acids is 1. The topological polar surface area (TPSA) is 41.1 Å². The van der Waals surface area contributed by atoms with Crippen LogP contribution >= 0.6 is 0 Å². The van der Waals surface area contributed by atoms with E-state index in [-0.39, 0.29) is 11.8 Å². The molecule has 0 atom stereocenters. The van der Waals surface area contributed by atoms with Crippen LogP contribution < -0.4 is 10.6 Å². The first kappa shape index (κ1) is 9.97. The summed E-state index contributed by atoms with van der Waals surface area (Å²) in [5, 5.41) is 6.29. The average Bonchev–Trinajstić information content (AvgIpc) is 2.06. The van der Waals surface area contributed by atoms with E-state index in [9.17, 15) is 4.79 Å². The minimum atomic E-state index is 0.245. The maximum absolute atomic E-state index is 11.6. The van der Waals surface area contributed by atoms with Crippen LogP contribution in [0.4, 0.5) is 0 Å². The highest BCUT2D eigenvalue weighted by atomic mass is 16.2. The minimum Gasteiger partial charge on any atom is -0.353 e. The highest BCUT2D eigenvalue weighted by Gasteiger charge is 2.27. The van der Waals surface area contributed by atoms with Gasteiger partial charge in [0.25, 0.3) is 0 Å². The van der Waals surface area contributed by atoms with Crippen molar-refractivity contribution in [2.24, 2.45) is 11.8 Å². The molecule has 0 radical (unpaired) electrons. The zero-order chi connectivity index (χ0) is 9.97. The Kier molecular flexibility index (Phi) is 3.06. The van der Waals surface area contributed by atoms with E-state index in [2.05, 4.69) is 17.6 Å². The largest absolute Gasteiger partial charge is 0.353 e. The molecular weight excluding hydrogens is 176 g/mol. The highest BCUT2D eigenvalue weighted by molar-refractivity contribution is 5.80. The van der Waals surface area contributed by atoms with Gasteiger partial charge >= 0.3 is 0 Å². The first-order valence-electron chi connectivity index (χ1n) is 5.77. The first-order chi connectivity index (χ1) is 6.75. The molecule has 80 valence electrons. The Morgan fingerprint density at radius 3 is 2.36 bits per heavy atom. The van der Waals surface area contributed by atoms with E-state index in [1.165, 1.54) is 25.7 Å². The fourth-order valence-corrected chi connectivity index (χ4v) is 2.20. The van der Waals surface area contributed by atoms with Crippen molar-refractivity contribution in [1.82, 2.24) is 10.6 Å². The zero-order valence-corrected chi connectivity index (χ0v) is 8.88. The van der Waals surface area contributed by atoms with E-state index in [1.807, 2.05) is 0 Å². The van der Waals surface area contributed by atoms with Crippen LogP contribution in [0.25, 0.3) is 0 Å². The van der Waals surface area contributed by atoms with Gasteiger partial charge in [-0.15, -0.1) is 0 Å². The van der Waals surface area contributed by atoms with Gasteiger partial charge in [0.15, 0.2) is 0 Å². The Morgan fingerprint density at radius 1 is 1.21 bits per heavy atom. The SMILES string of the molecule is CC1CCC(NC(=O)C2CNC2)CC1. The van der Waals surface area contributed by atoms with Crippen molar-refractivity contribution in [1.29, 1.82) is 0 Å². The van der Waals surface area contributed by atoms with Crippen LogP contribution in [0.15, 0.2) is 0 Å². The maximum Gasteiger partial charge on any atom is 0.225 e. The molecule has 0 aromatic rings. The second kappa shape index (κ2) is 4.30. The Bertz CT molecular complexity index is 205. The van der Waals surface area contributed by atoms with Crippen molar-refractivity contribution in [3.63, 3.8) is 0 Å². The molecule has 1 aliphatic heterocycles.